The molecule has 12 nitrogen and oxygen atoms in total. The van der Waals surface area contributed by atoms with Crippen molar-refractivity contribution < 1.29 is 29.1 Å². The molecule has 0 saturated heterocycles. The average molecular weight is 525 g/mol. The van der Waals surface area contributed by atoms with Crippen LogP contribution in [0.15, 0.2) is 24.3 Å². The molecule has 1 aromatic carbocycles. The van der Waals surface area contributed by atoms with Gasteiger partial charge in [-0.25, -0.2) is 5.84 Å². The zero-order chi connectivity index (χ0) is 26.9. The maximum atomic E-state index is 12.8. The van der Waals surface area contributed by atoms with Gasteiger partial charge < -0.3 is 26.8 Å². The molecule has 0 aliphatic carbocycles. The van der Waals surface area contributed by atoms with E-state index < -0.39 is 18.0 Å². The number of aromatic hydroxyl groups is 1. The fourth-order valence-electron chi connectivity index (χ4n) is 3.22. The Kier molecular flexibility index (Phi) is 14.6. The fraction of sp³-hybridized carbons (Fsp3) is 0.522. The van der Waals surface area contributed by atoms with E-state index in [-0.39, 0.29) is 67.2 Å². The van der Waals surface area contributed by atoms with Crippen molar-refractivity contribution in [1.29, 1.82) is 0 Å². The van der Waals surface area contributed by atoms with Gasteiger partial charge in [0.05, 0.1) is 0 Å². The van der Waals surface area contributed by atoms with E-state index in [9.17, 15) is 29.1 Å². The number of phenols is 1. The van der Waals surface area contributed by atoms with Crippen molar-refractivity contribution in [2.24, 2.45) is 11.6 Å². The summed E-state index contributed by atoms with van der Waals surface area (Å²) < 4.78 is 0. The summed E-state index contributed by atoms with van der Waals surface area (Å²) in [5.41, 5.74) is 7.91. The minimum Gasteiger partial charge on any atom is -0.508 e. The van der Waals surface area contributed by atoms with E-state index in [1.807, 2.05) is 5.43 Å². The first-order chi connectivity index (χ1) is 17.2. The summed E-state index contributed by atoms with van der Waals surface area (Å²) in [6.07, 6.45) is 2.69. The fourth-order valence-corrected chi connectivity index (χ4v) is 3.49. The van der Waals surface area contributed by atoms with Gasteiger partial charge in [-0.15, -0.1) is 0 Å². The van der Waals surface area contributed by atoms with Gasteiger partial charge in [0.2, 0.25) is 29.5 Å². The number of nitrogens with one attached hydrogen (secondary N) is 4. The van der Waals surface area contributed by atoms with Crippen LogP contribution < -0.4 is 33.0 Å². The highest BCUT2D eigenvalue weighted by Gasteiger charge is 2.21. The molecule has 1 aromatic rings. The molecule has 0 radical (unpaired) electrons. The molecule has 0 fully saturated rings. The Balaban J connectivity index is 2.50. The third-order valence-electron chi connectivity index (χ3n) is 5.24. The molecule has 1 unspecified atom stereocenters. The predicted molar refractivity (Wildman–Crippen MR) is 136 cm³/mol. The molecule has 13 heteroatoms. The van der Waals surface area contributed by atoms with E-state index >= 15 is 0 Å². The van der Waals surface area contributed by atoms with Crippen molar-refractivity contribution in [3.63, 3.8) is 0 Å². The van der Waals surface area contributed by atoms with Crippen molar-refractivity contribution >= 4 is 42.2 Å². The Hall–Kier alpha value is -3.32. The zero-order valence-corrected chi connectivity index (χ0v) is 21.0. The largest absolute Gasteiger partial charge is 0.508 e. The van der Waals surface area contributed by atoms with Gasteiger partial charge >= 0.3 is 0 Å². The minimum atomic E-state index is -0.844. The number of nitrogens with two attached hydrogens (primary N) is 2. The van der Waals surface area contributed by atoms with Gasteiger partial charge in [0.15, 0.2) is 0 Å². The van der Waals surface area contributed by atoms with Crippen LogP contribution in [0.25, 0.3) is 0 Å². The van der Waals surface area contributed by atoms with E-state index in [1.165, 1.54) is 12.1 Å². The summed E-state index contributed by atoms with van der Waals surface area (Å²) in [5, 5.41) is 17.5. The van der Waals surface area contributed by atoms with Crippen LogP contribution >= 0.6 is 12.6 Å². The Morgan fingerprint density at radius 2 is 1.42 bits per heavy atom. The number of primary amides is 1. The van der Waals surface area contributed by atoms with E-state index in [1.54, 1.807) is 12.1 Å². The van der Waals surface area contributed by atoms with Crippen molar-refractivity contribution in [3.05, 3.63) is 29.8 Å². The summed E-state index contributed by atoms with van der Waals surface area (Å²) >= 11 is 3.97. The van der Waals surface area contributed by atoms with Crippen molar-refractivity contribution in [1.82, 2.24) is 21.4 Å². The molecule has 200 valence electrons. The number of unbranched alkanes of at least 4 members (excludes halogenated alkanes) is 2. The monoisotopic (exact) mass is 524 g/mol. The molecule has 0 aromatic heterocycles. The van der Waals surface area contributed by atoms with E-state index in [2.05, 4.69) is 28.6 Å². The average Bonchev–Trinajstić information content (AvgIpc) is 2.84. The second-order valence-electron chi connectivity index (χ2n) is 8.22. The van der Waals surface area contributed by atoms with Crippen LogP contribution in [0.1, 0.15) is 50.5 Å². The second-order valence-corrected chi connectivity index (χ2v) is 8.58. The van der Waals surface area contributed by atoms with E-state index in [0.717, 1.165) is 5.56 Å². The lowest BCUT2D eigenvalue weighted by Crippen LogP contribution is -2.48. The first-order valence-electron chi connectivity index (χ1n) is 11.7. The molecule has 0 spiro atoms. The Morgan fingerprint density at radius 3 is 2.00 bits per heavy atom. The molecule has 36 heavy (non-hydrogen) atoms. The summed E-state index contributed by atoms with van der Waals surface area (Å²) in [6.45, 7) is 0.347. The van der Waals surface area contributed by atoms with Crippen LogP contribution in [0, 0.1) is 0 Å². The van der Waals surface area contributed by atoms with Gasteiger partial charge in [-0.05, 0) is 37.0 Å². The first-order valence-corrected chi connectivity index (χ1v) is 12.3. The smallest absolute Gasteiger partial charge is 0.242 e. The van der Waals surface area contributed by atoms with Gasteiger partial charge in [0.1, 0.15) is 17.8 Å². The van der Waals surface area contributed by atoms with Crippen LogP contribution in [0.2, 0.25) is 0 Å². The predicted octanol–water partition coefficient (Wildman–Crippen LogP) is -0.844. The number of thiol groups is 1. The summed E-state index contributed by atoms with van der Waals surface area (Å²) in [5.74, 6) is 3.17. The third kappa shape index (κ3) is 13.0. The van der Waals surface area contributed by atoms with Crippen molar-refractivity contribution in [3.8, 4) is 5.75 Å². The van der Waals surface area contributed by atoms with Crippen LogP contribution in [0.5, 0.6) is 5.75 Å². The van der Waals surface area contributed by atoms with Crippen LogP contribution in [-0.4, -0.2) is 59.0 Å². The number of amides is 5. The van der Waals surface area contributed by atoms with Gasteiger partial charge in [0, 0.05) is 38.0 Å². The van der Waals surface area contributed by atoms with Crippen LogP contribution in [0.4, 0.5) is 0 Å². The minimum absolute atomic E-state index is 0.0542. The Labute approximate surface area is 215 Å². The number of carbonyl (C=O) groups is 5. The highest BCUT2D eigenvalue weighted by molar-refractivity contribution is 7.80. The molecule has 0 aliphatic heterocycles. The zero-order valence-electron chi connectivity index (χ0n) is 20.1. The lowest BCUT2D eigenvalue weighted by molar-refractivity contribution is -0.129. The molecule has 0 aliphatic rings. The Morgan fingerprint density at radius 1 is 0.833 bits per heavy atom. The lowest BCUT2D eigenvalue weighted by Gasteiger charge is -2.19. The molecule has 2 atom stereocenters. The molecular formula is C23H36N6O6S. The van der Waals surface area contributed by atoms with Gasteiger partial charge in [-0.2, -0.15) is 12.6 Å². The topological polar surface area (TPSA) is 206 Å². The third-order valence-corrected chi connectivity index (χ3v) is 5.60. The molecule has 9 N–H and O–H groups in total. The number of hydrogen-bond acceptors (Lipinski definition) is 8. The number of benzene rings is 1. The first kappa shape index (κ1) is 30.7. The molecule has 0 bridgehead atoms. The highest BCUT2D eigenvalue weighted by Crippen LogP contribution is 2.12. The lowest BCUT2D eigenvalue weighted by atomic mass is 10.0. The highest BCUT2D eigenvalue weighted by atomic mass is 32.1. The SMILES string of the molecule is NNC(=O)CCCC(=O)NC(Cc1ccc(O)cc1)C(=O)NCCCCCC(=O)N[C@@H](CS)C(N)=O. The molecule has 1 rings (SSSR count). The number of phenolic OH excluding ortho intramolecular Hbond substituents is 1. The summed E-state index contributed by atoms with van der Waals surface area (Å²) in [6, 6.07) is 4.66. The van der Waals surface area contributed by atoms with E-state index in [0.29, 0.717) is 25.8 Å². The van der Waals surface area contributed by atoms with Crippen LogP contribution in [0.3, 0.4) is 0 Å². The summed E-state index contributed by atoms with van der Waals surface area (Å²) in [7, 11) is 0. The molecule has 5 amide bonds. The second kappa shape index (κ2) is 17.2. The quantitative estimate of drug-likeness (QED) is 0.0426. The summed E-state index contributed by atoms with van der Waals surface area (Å²) in [4.78, 5) is 59.3. The maximum absolute atomic E-state index is 12.8. The van der Waals surface area contributed by atoms with Gasteiger partial charge in [-0.1, -0.05) is 18.6 Å². The molecule has 0 heterocycles. The molecular weight excluding hydrogens is 488 g/mol. The normalized spacial score (nSPS) is 12.2. The van der Waals surface area contributed by atoms with Crippen LogP contribution in [-0.2, 0) is 30.4 Å². The number of carbonyl (C=O) groups excluding carboxylic acids is 5. The number of hydrazine groups is 1. The standard InChI is InChI=1S/C23H36N6O6S/c24-22(34)18(14-36)28-19(31)5-2-1-3-12-26-23(35)17(13-15-8-10-16(30)11-9-15)27-20(32)6-4-7-21(33)29-25/h8-11,17-18,30,36H,1-7,12-14,25H2,(H2,24,34)(H,26,35)(H,27,32)(H,28,31)(H,29,33)/t17?,18-/m0/s1. The maximum Gasteiger partial charge on any atom is 0.242 e. The van der Waals surface area contributed by atoms with E-state index in [4.69, 9.17) is 11.6 Å². The van der Waals surface area contributed by atoms with Crippen molar-refractivity contribution in [2.45, 2.75) is 63.5 Å². The number of rotatable bonds is 17. The van der Waals surface area contributed by atoms with Crippen molar-refractivity contribution in [2.75, 3.05) is 12.3 Å². The molecule has 0 saturated carbocycles. The Bertz CT molecular complexity index is 882. The van der Waals surface area contributed by atoms with Gasteiger partial charge in [-0.3, -0.25) is 29.4 Å². The van der Waals surface area contributed by atoms with Gasteiger partial charge in [0.25, 0.3) is 0 Å². The number of hydrogen-bond donors (Lipinski definition) is 8.